The lowest BCUT2D eigenvalue weighted by atomic mass is 9.91. The second-order valence-corrected chi connectivity index (χ2v) is 6.66. The van der Waals surface area contributed by atoms with Gasteiger partial charge in [0.2, 0.25) is 0 Å². The highest BCUT2D eigenvalue weighted by Gasteiger charge is 2.24. The molecule has 4 heteroatoms. The Bertz CT molecular complexity index is 464. The highest BCUT2D eigenvalue weighted by molar-refractivity contribution is 9.10. The van der Waals surface area contributed by atoms with Crippen molar-refractivity contribution >= 4 is 21.6 Å². The minimum Gasteiger partial charge on any atom is -0.382 e. The van der Waals surface area contributed by atoms with Gasteiger partial charge in [-0.3, -0.25) is 0 Å². The van der Waals surface area contributed by atoms with Crippen molar-refractivity contribution in [2.75, 3.05) is 25.0 Å². The van der Waals surface area contributed by atoms with Crippen LogP contribution in [0, 0.1) is 18.7 Å². The van der Waals surface area contributed by atoms with Crippen molar-refractivity contribution in [3.8, 4) is 0 Å². The fourth-order valence-corrected chi connectivity index (χ4v) is 3.41. The van der Waals surface area contributed by atoms with Crippen molar-refractivity contribution < 1.29 is 4.39 Å². The van der Waals surface area contributed by atoms with E-state index >= 15 is 0 Å². The van der Waals surface area contributed by atoms with Crippen molar-refractivity contribution in [2.45, 2.75) is 39.7 Å². The van der Waals surface area contributed by atoms with Crippen molar-refractivity contribution in [1.82, 2.24) is 4.90 Å². The second-order valence-electron chi connectivity index (χ2n) is 5.81. The van der Waals surface area contributed by atoms with E-state index in [1.165, 1.54) is 19.4 Å². The summed E-state index contributed by atoms with van der Waals surface area (Å²) < 4.78 is 14.2. The number of piperidine rings is 1. The highest BCUT2D eigenvalue weighted by Crippen LogP contribution is 2.27. The molecule has 112 valence electrons. The molecule has 0 radical (unpaired) electrons. The molecule has 0 aliphatic carbocycles. The third-order valence-electron chi connectivity index (χ3n) is 4.35. The standard InChI is InChI=1S/C16H24BrFN2/c1-4-20-7-5-6-13(10-20)12(3)19-16-9-15(18)14(17)8-11(16)2/h8-9,12-13,19H,4-7,10H2,1-3H3. The third-order valence-corrected chi connectivity index (χ3v) is 4.95. The number of hydrogen-bond acceptors (Lipinski definition) is 2. The van der Waals surface area contributed by atoms with Crippen molar-refractivity contribution in [3.05, 3.63) is 28.0 Å². The monoisotopic (exact) mass is 342 g/mol. The molecule has 0 saturated carbocycles. The fourth-order valence-electron chi connectivity index (χ4n) is 2.95. The maximum Gasteiger partial charge on any atom is 0.139 e. The summed E-state index contributed by atoms with van der Waals surface area (Å²) in [6, 6.07) is 3.79. The van der Waals surface area contributed by atoms with Crippen LogP contribution >= 0.6 is 15.9 Å². The Balaban J connectivity index is 2.04. The molecule has 0 aromatic heterocycles. The summed E-state index contributed by atoms with van der Waals surface area (Å²) in [5, 5.41) is 3.51. The summed E-state index contributed by atoms with van der Waals surface area (Å²) in [7, 11) is 0. The molecule has 2 rings (SSSR count). The molecule has 2 atom stereocenters. The Kier molecular flexibility index (Phi) is 5.44. The van der Waals surface area contributed by atoms with Crippen molar-refractivity contribution in [1.29, 1.82) is 0 Å². The van der Waals surface area contributed by atoms with Gasteiger partial charge in [-0.05, 0) is 79.3 Å². The molecule has 2 nitrogen and oxygen atoms in total. The van der Waals surface area contributed by atoms with Crippen LogP contribution in [0.25, 0.3) is 0 Å². The first-order valence-electron chi connectivity index (χ1n) is 7.45. The summed E-state index contributed by atoms with van der Waals surface area (Å²) in [6.45, 7) is 9.92. The minimum atomic E-state index is -0.205. The van der Waals surface area contributed by atoms with Crippen LogP contribution in [0.15, 0.2) is 16.6 Å². The first kappa shape index (κ1) is 15.8. The van der Waals surface area contributed by atoms with E-state index in [1.807, 2.05) is 13.0 Å². The van der Waals surface area contributed by atoms with Gasteiger partial charge in [0.05, 0.1) is 4.47 Å². The van der Waals surface area contributed by atoms with Gasteiger partial charge in [0.25, 0.3) is 0 Å². The van der Waals surface area contributed by atoms with Gasteiger partial charge < -0.3 is 10.2 Å². The fraction of sp³-hybridized carbons (Fsp3) is 0.625. The Morgan fingerprint density at radius 2 is 2.25 bits per heavy atom. The molecule has 20 heavy (non-hydrogen) atoms. The van der Waals surface area contributed by atoms with Gasteiger partial charge in [0, 0.05) is 18.3 Å². The predicted molar refractivity (Wildman–Crippen MR) is 86.8 cm³/mol. The van der Waals surface area contributed by atoms with Crippen LogP contribution in [-0.2, 0) is 0 Å². The second kappa shape index (κ2) is 6.90. The molecule has 1 N–H and O–H groups in total. The van der Waals surface area contributed by atoms with Crippen molar-refractivity contribution in [3.63, 3.8) is 0 Å². The normalized spacial score (nSPS) is 21.8. The number of benzene rings is 1. The molecule has 1 heterocycles. The van der Waals surface area contributed by atoms with Crippen LogP contribution in [0.2, 0.25) is 0 Å². The quantitative estimate of drug-likeness (QED) is 0.870. The molecule has 1 aliphatic rings. The number of rotatable bonds is 4. The van der Waals surface area contributed by atoms with Crippen LogP contribution in [0.4, 0.5) is 10.1 Å². The summed E-state index contributed by atoms with van der Waals surface area (Å²) in [5.41, 5.74) is 1.99. The van der Waals surface area contributed by atoms with Crippen LogP contribution < -0.4 is 5.32 Å². The lowest BCUT2D eigenvalue weighted by Gasteiger charge is -2.36. The highest BCUT2D eigenvalue weighted by atomic mass is 79.9. The van der Waals surface area contributed by atoms with Gasteiger partial charge in [0.1, 0.15) is 5.82 Å². The molecular formula is C16H24BrFN2. The predicted octanol–water partition coefficient (Wildman–Crippen LogP) is 4.43. The van der Waals surface area contributed by atoms with Crippen molar-refractivity contribution in [2.24, 2.45) is 5.92 Å². The summed E-state index contributed by atoms with van der Waals surface area (Å²) in [6.07, 6.45) is 2.51. The van der Waals surface area contributed by atoms with Gasteiger partial charge in [-0.25, -0.2) is 4.39 Å². The molecule has 0 spiro atoms. The average Bonchev–Trinajstić information content (AvgIpc) is 2.44. The Morgan fingerprint density at radius 1 is 1.50 bits per heavy atom. The molecule has 1 aliphatic heterocycles. The zero-order chi connectivity index (χ0) is 14.7. The third kappa shape index (κ3) is 3.73. The maximum atomic E-state index is 13.7. The molecule has 1 fully saturated rings. The van der Waals surface area contributed by atoms with Gasteiger partial charge in [-0.15, -0.1) is 0 Å². The summed E-state index contributed by atoms with van der Waals surface area (Å²) >= 11 is 3.23. The van der Waals surface area contributed by atoms with E-state index in [1.54, 1.807) is 6.07 Å². The first-order chi connectivity index (χ1) is 9.51. The van der Waals surface area contributed by atoms with Crippen LogP contribution in [0.5, 0.6) is 0 Å². The Hall–Kier alpha value is -0.610. The molecule has 2 unspecified atom stereocenters. The van der Waals surface area contributed by atoms with Gasteiger partial charge in [-0.2, -0.15) is 0 Å². The summed E-state index contributed by atoms with van der Waals surface area (Å²) in [4.78, 5) is 2.50. The zero-order valence-corrected chi connectivity index (χ0v) is 14.1. The topological polar surface area (TPSA) is 15.3 Å². The number of nitrogens with one attached hydrogen (secondary N) is 1. The number of nitrogens with zero attached hydrogens (tertiary/aromatic N) is 1. The number of likely N-dealkylation sites (tertiary alicyclic amines) is 1. The van der Waals surface area contributed by atoms with E-state index in [9.17, 15) is 4.39 Å². The Labute approximate surface area is 129 Å². The molecule has 0 amide bonds. The smallest absolute Gasteiger partial charge is 0.139 e. The first-order valence-corrected chi connectivity index (χ1v) is 8.25. The maximum absolute atomic E-state index is 13.7. The number of anilines is 1. The van der Waals surface area contributed by atoms with Crippen LogP contribution in [-0.4, -0.2) is 30.6 Å². The van der Waals surface area contributed by atoms with E-state index in [4.69, 9.17) is 0 Å². The van der Waals surface area contributed by atoms with Gasteiger partial charge in [-0.1, -0.05) is 6.92 Å². The Morgan fingerprint density at radius 3 is 2.95 bits per heavy atom. The van der Waals surface area contributed by atoms with Gasteiger partial charge in [0.15, 0.2) is 0 Å². The van der Waals surface area contributed by atoms with Crippen LogP contribution in [0.3, 0.4) is 0 Å². The molecule has 1 aromatic rings. The summed E-state index contributed by atoms with van der Waals surface area (Å²) in [5.74, 6) is 0.430. The largest absolute Gasteiger partial charge is 0.382 e. The zero-order valence-electron chi connectivity index (χ0n) is 12.5. The number of halogens is 2. The number of hydrogen-bond donors (Lipinski definition) is 1. The lowest BCUT2D eigenvalue weighted by molar-refractivity contribution is 0.172. The number of aryl methyl sites for hydroxylation is 1. The minimum absolute atomic E-state index is 0.205. The van der Waals surface area contributed by atoms with E-state index < -0.39 is 0 Å². The molecule has 0 bridgehead atoms. The SMILES string of the molecule is CCN1CCCC(C(C)Nc2cc(F)c(Br)cc2C)C1. The molecule has 1 saturated heterocycles. The molecule has 1 aromatic carbocycles. The van der Waals surface area contributed by atoms with Crippen LogP contribution in [0.1, 0.15) is 32.3 Å². The van der Waals surface area contributed by atoms with E-state index in [2.05, 4.69) is 40.0 Å². The lowest BCUT2D eigenvalue weighted by Crippen LogP contribution is -2.41. The molecular weight excluding hydrogens is 319 g/mol. The average molecular weight is 343 g/mol. The van der Waals surface area contributed by atoms with E-state index in [0.717, 1.165) is 24.3 Å². The van der Waals surface area contributed by atoms with E-state index in [-0.39, 0.29) is 5.82 Å². The van der Waals surface area contributed by atoms with E-state index in [0.29, 0.717) is 16.4 Å². The van der Waals surface area contributed by atoms with Gasteiger partial charge >= 0.3 is 0 Å².